The van der Waals surface area contributed by atoms with E-state index >= 15 is 0 Å². The minimum Gasteiger partial charge on any atom is -0.495 e. The number of allylic oxidation sites excluding steroid dienone is 1. The summed E-state index contributed by atoms with van der Waals surface area (Å²) >= 11 is 0. The molecule has 1 rings (SSSR count). The topological polar surface area (TPSA) is 9.23 Å². The van der Waals surface area contributed by atoms with Crippen molar-refractivity contribution < 1.29 is 4.74 Å². The molecule has 0 aliphatic carbocycles. The van der Waals surface area contributed by atoms with Crippen LogP contribution in [-0.4, -0.2) is 6.10 Å². The van der Waals surface area contributed by atoms with Gasteiger partial charge in [-0.15, -0.1) is 0 Å². The van der Waals surface area contributed by atoms with Crippen molar-refractivity contribution in [1.29, 1.82) is 0 Å². The van der Waals surface area contributed by atoms with Crippen LogP contribution in [0.5, 0.6) is 0 Å². The van der Waals surface area contributed by atoms with Crippen LogP contribution in [0.2, 0.25) is 0 Å². The molecule has 1 aliphatic heterocycles. The Labute approximate surface area is 88.5 Å². The van der Waals surface area contributed by atoms with Crippen molar-refractivity contribution in [1.82, 2.24) is 0 Å². The average molecular weight is 196 g/mol. The normalized spacial score (nSPS) is 26.6. The lowest BCUT2D eigenvalue weighted by molar-refractivity contribution is 0.178. The first-order chi connectivity index (χ1) is 6.74. The van der Waals surface area contributed by atoms with Gasteiger partial charge in [-0.25, -0.2) is 0 Å². The van der Waals surface area contributed by atoms with E-state index in [1.54, 1.807) is 0 Å². The van der Waals surface area contributed by atoms with Crippen molar-refractivity contribution in [2.75, 3.05) is 0 Å². The monoisotopic (exact) mass is 196 g/mol. The Bertz CT molecular complexity index is 174. The van der Waals surface area contributed by atoms with E-state index in [2.05, 4.69) is 20.4 Å². The molecule has 0 N–H and O–H groups in total. The first-order valence-corrected chi connectivity index (χ1v) is 6.09. The minimum absolute atomic E-state index is 0.406. The fourth-order valence-electron chi connectivity index (χ4n) is 2.21. The number of unbranched alkanes of at least 4 members (excludes halogenated alkanes) is 4. The van der Waals surface area contributed by atoms with Crippen molar-refractivity contribution >= 4 is 0 Å². The van der Waals surface area contributed by atoms with Gasteiger partial charge in [0.25, 0.3) is 0 Å². The highest BCUT2D eigenvalue weighted by Crippen LogP contribution is 2.32. The summed E-state index contributed by atoms with van der Waals surface area (Å²) < 4.78 is 5.56. The molecule has 1 nitrogen and oxygen atoms in total. The zero-order valence-corrected chi connectivity index (χ0v) is 9.72. The van der Waals surface area contributed by atoms with Crippen LogP contribution < -0.4 is 0 Å². The van der Waals surface area contributed by atoms with Crippen LogP contribution in [0.4, 0.5) is 0 Å². The van der Waals surface area contributed by atoms with Crippen LogP contribution in [0.3, 0.4) is 0 Å². The van der Waals surface area contributed by atoms with Crippen molar-refractivity contribution in [3.8, 4) is 0 Å². The molecule has 0 radical (unpaired) electrons. The van der Waals surface area contributed by atoms with Crippen LogP contribution in [0.15, 0.2) is 12.3 Å². The highest BCUT2D eigenvalue weighted by Gasteiger charge is 2.25. The molecule has 1 heteroatoms. The van der Waals surface area contributed by atoms with E-state index in [1.165, 1.54) is 44.9 Å². The summed E-state index contributed by atoms with van der Waals surface area (Å²) in [5.74, 6) is 1.68. The third kappa shape index (κ3) is 3.73. The molecule has 0 bridgehead atoms. The molecule has 1 aliphatic rings. The van der Waals surface area contributed by atoms with Gasteiger partial charge < -0.3 is 4.74 Å². The van der Waals surface area contributed by atoms with Gasteiger partial charge >= 0.3 is 0 Å². The smallest absolute Gasteiger partial charge is 0.0961 e. The average Bonchev–Trinajstić information content (AvgIpc) is 2.45. The number of hydrogen-bond acceptors (Lipinski definition) is 1. The summed E-state index contributed by atoms with van der Waals surface area (Å²) in [5.41, 5.74) is 0. The number of hydrogen-bond donors (Lipinski definition) is 0. The summed E-state index contributed by atoms with van der Waals surface area (Å²) in [6, 6.07) is 0. The molecule has 2 unspecified atom stereocenters. The van der Waals surface area contributed by atoms with Gasteiger partial charge in [-0.1, -0.05) is 45.6 Å². The van der Waals surface area contributed by atoms with Crippen molar-refractivity contribution in [3.05, 3.63) is 12.3 Å². The van der Waals surface area contributed by atoms with E-state index in [9.17, 15) is 0 Å². The van der Waals surface area contributed by atoms with Gasteiger partial charge in [-0.3, -0.25) is 0 Å². The van der Waals surface area contributed by atoms with E-state index in [-0.39, 0.29) is 0 Å². The van der Waals surface area contributed by atoms with Gasteiger partial charge in [-0.2, -0.15) is 0 Å². The highest BCUT2D eigenvalue weighted by atomic mass is 16.5. The zero-order valence-electron chi connectivity index (χ0n) is 9.72. The Hall–Kier alpha value is -0.460. The second-order valence-corrected chi connectivity index (χ2v) is 4.53. The second-order valence-electron chi connectivity index (χ2n) is 4.53. The molecule has 82 valence electrons. The Morgan fingerprint density at radius 2 is 2.00 bits per heavy atom. The maximum Gasteiger partial charge on any atom is 0.0961 e. The first-order valence-electron chi connectivity index (χ1n) is 6.09. The molecule has 0 saturated carbocycles. The Balaban J connectivity index is 2.04. The number of rotatable bonds is 6. The fourth-order valence-corrected chi connectivity index (χ4v) is 2.21. The van der Waals surface area contributed by atoms with Gasteiger partial charge in [0.15, 0.2) is 0 Å². The fraction of sp³-hybridized carbons (Fsp3) is 0.846. The molecule has 1 fully saturated rings. The third-order valence-electron chi connectivity index (χ3n) is 3.08. The molecule has 0 spiro atoms. The third-order valence-corrected chi connectivity index (χ3v) is 3.08. The van der Waals surface area contributed by atoms with Crippen LogP contribution in [-0.2, 0) is 4.74 Å². The molecule has 0 amide bonds. The van der Waals surface area contributed by atoms with Crippen molar-refractivity contribution in [2.24, 2.45) is 5.92 Å². The maximum atomic E-state index is 5.56. The van der Waals surface area contributed by atoms with Gasteiger partial charge in [0.2, 0.25) is 0 Å². The quantitative estimate of drug-likeness (QED) is 0.576. The van der Waals surface area contributed by atoms with Crippen molar-refractivity contribution in [2.45, 2.75) is 64.9 Å². The Morgan fingerprint density at radius 1 is 1.29 bits per heavy atom. The summed E-state index contributed by atoms with van der Waals surface area (Å²) in [6.45, 7) is 8.38. The first kappa shape index (κ1) is 11.6. The standard InChI is InChI=1S/C13H24O/c1-4-5-6-7-8-9-13-10-11(2)14-12(13)3/h11,13H,3-10H2,1-2H3. The molecule has 14 heavy (non-hydrogen) atoms. The van der Waals surface area contributed by atoms with Gasteiger partial charge in [0, 0.05) is 5.92 Å². The summed E-state index contributed by atoms with van der Waals surface area (Å²) in [5, 5.41) is 0. The molecule has 0 aromatic heterocycles. The predicted octanol–water partition coefficient (Wildman–Crippen LogP) is 4.29. The van der Waals surface area contributed by atoms with Crippen LogP contribution in [0.25, 0.3) is 0 Å². The zero-order chi connectivity index (χ0) is 10.4. The molecule has 2 atom stereocenters. The van der Waals surface area contributed by atoms with Gasteiger partial charge in [0.05, 0.1) is 11.9 Å². The summed E-state index contributed by atoms with van der Waals surface area (Å²) in [4.78, 5) is 0. The molecular formula is C13H24O. The largest absolute Gasteiger partial charge is 0.495 e. The van der Waals surface area contributed by atoms with E-state index in [4.69, 9.17) is 4.74 Å². The Kier molecular flexibility index (Phi) is 5.06. The predicted molar refractivity (Wildman–Crippen MR) is 61.2 cm³/mol. The van der Waals surface area contributed by atoms with Crippen LogP contribution >= 0.6 is 0 Å². The molecular weight excluding hydrogens is 172 g/mol. The maximum absolute atomic E-state index is 5.56. The minimum atomic E-state index is 0.406. The van der Waals surface area contributed by atoms with E-state index < -0.39 is 0 Å². The highest BCUT2D eigenvalue weighted by molar-refractivity contribution is 4.98. The molecule has 1 heterocycles. The SMILES string of the molecule is C=C1OC(C)CC1CCCCCCC. The lowest BCUT2D eigenvalue weighted by atomic mass is 9.96. The van der Waals surface area contributed by atoms with Crippen LogP contribution in [0.1, 0.15) is 58.8 Å². The summed E-state index contributed by atoms with van der Waals surface area (Å²) in [7, 11) is 0. The summed E-state index contributed by atoms with van der Waals surface area (Å²) in [6.07, 6.45) is 9.72. The Morgan fingerprint density at radius 3 is 2.57 bits per heavy atom. The molecule has 1 saturated heterocycles. The van der Waals surface area contributed by atoms with E-state index in [1.807, 2.05) is 0 Å². The van der Waals surface area contributed by atoms with E-state index in [0.717, 1.165) is 5.76 Å². The van der Waals surface area contributed by atoms with Crippen molar-refractivity contribution in [3.63, 3.8) is 0 Å². The molecule has 0 aromatic carbocycles. The number of ether oxygens (including phenoxy) is 1. The van der Waals surface area contributed by atoms with Gasteiger partial charge in [0.1, 0.15) is 0 Å². The second kappa shape index (κ2) is 6.10. The molecule has 0 aromatic rings. The lowest BCUT2D eigenvalue weighted by Crippen LogP contribution is -1.98. The van der Waals surface area contributed by atoms with E-state index in [0.29, 0.717) is 12.0 Å². The van der Waals surface area contributed by atoms with Gasteiger partial charge in [-0.05, 0) is 19.8 Å². The van der Waals surface area contributed by atoms with Crippen LogP contribution in [0, 0.1) is 5.92 Å². The lowest BCUT2D eigenvalue weighted by Gasteiger charge is -2.07.